The van der Waals surface area contributed by atoms with E-state index < -0.39 is 0 Å². The molecule has 0 aromatic carbocycles. The van der Waals surface area contributed by atoms with Crippen LogP contribution in [0.5, 0.6) is 0 Å². The first-order valence-corrected chi connectivity index (χ1v) is 5.14. The first kappa shape index (κ1) is 9.59. The first-order chi connectivity index (χ1) is 4.26. The third kappa shape index (κ3) is 3.33. The minimum absolute atomic E-state index is 0.864. The molecule has 0 aromatic heterocycles. The highest BCUT2D eigenvalue weighted by atomic mass is 33.1. The Balaban J connectivity index is 3.64. The van der Waals surface area contributed by atoms with Crippen LogP contribution < -0.4 is 0 Å². The highest BCUT2D eigenvalue weighted by molar-refractivity contribution is 8.76. The molecule has 1 nitrogen and oxygen atoms in total. The molecule has 0 aromatic rings. The lowest BCUT2D eigenvalue weighted by Crippen LogP contribution is -2.25. The fourth-order valence-electron chi connectivity index (χ4n) is 0.540. The van der Waals surface area contributed by atoms with Crippen LogP contribution in [0.1, 0.15) is 13.8 Å². The van der Waals surface area contributed by atoms with Gasteiger partial charge >= 0.3 is 0 Å². The van der Waals surface area contributed by atoms with E-state index >= 15 is 0 Å². The van der Waals surface area contributed by atoms with Crippen LogP contribution in [0.2, 0.25) is 0 Å². The van der Waals surface area contributed by atoms with Crippen molar-refractivity contribution in [2.75, 3.05) is 13.1 Å². The number of thiol groups is 1. The number of thiocarbonyl (C=S) groups is 1. The van der Waals surface area contributed by atoms with Gasteiger partial charge in [-0.05, 0) is 24.6 Å². The molecule has 54 valence electrons. The highest BCUT2D eigenvalue weighted by Gasteiger charge is 2.01. The Morgan fingerprint density at radius 1 is 1.56 bits per heavy atom. The summed E-state index contributed by atoms with van der Waals surface area (Å²) in [5.74, 6) is 0. The summed E-state index contributed by atoms with van der Waals surface area (Å²) in [5, 5.41) is 0. The van der Waals surface area contributed by atoms with Crippen molar-refractivity contribution >= 4 is 39.0 Å². The van der Waals surface area contributed by atoms with Gasteiger partial charge in [-0.15, -0.1) is 11.7 Å². The van der Waals surface area contributed by atoms with Gasteiger partial charge in [0.25, 0.3) is 0 Å². The van der Waals surface area contributed by atoms with Gasteiger partial charge < -0.3 is 4.90 Å². The summed E-state index contributed by atoms with van der Waals surface area (Å²) >= 11 is 8.98. The minimum atomic E-state index is 0.864. The fourth-order valence-corrected chi connectivity index (χ4v) is 1.52. The van der Waals surface area contributed by atoms with E-state index in [4.69, 9.17) is 12.2 Å². The van der Waals surface area contributed by atoms with Gasteiger partial charge in [0.2, 0.25) is 0 Å². The van der Waals surface area contributed by atoms with Crippen molar-refractivity contribution in [3.05, 3.63) is 0 Å². The zero-order valence-corrected chi connectivity index (χ0v) is 8.15. The summed E-state index contributed by atoms with van der Waals surface area (Å²) in [4.78, 5) is 2.09. The zero-order valence-electron chi connectivity index (χ0n) is 5.63. The SMILES string of the molecule is CCN(CC)C(=S)SS. The lowest BCUT2D eigenvalue weighted by Gasteiger charge is -2.18. The summed E-state index contributed by atoms with van der Waals surface area (Å²) in [5.41, 5.74) is 0. The summed E-state index contributed by atoms with van der Waals surface area (Å²) in [6.07, 6.45) is 0. The third-order valence-corrected chi connectivity index (χ3v) is 2.91. The van der Waals surface area contributed by atoms with Crippen LogP contribution in [0.15, 0.2) is 0 Å². The molecule has 0 saturated heterocycles. The molecule has 0 spiro atoms. The van der Waals surface area contributed by atoms with Crippen molar-refractivity contribution in [1.82, 2.24) is 4.90 Å². The molecule has 0 radical (unpaired) electrons. The first-order valence-electron chi connectivity index (χ1n) is 2.86. The van der Waals surface area contributed by atoms with Crippen molar-refractivity contribution in [2.45, 2.75) is 13.8 Å². The van der Waals surface area contributed by atoms with Crippen molar-refractivity contribution in [3.8, 4) is 0 Å². The molecule has 9 heavy (non-hydrogen) atoms. The van der Waals surface area contributed by atoms with Crippen molar-refractivity contribution in [2.24, 2.45) is 0 Å². The summed E-state index contributed by atoms with van der Waals surface area (Å²) < 4.78 is 0.864. The van der Waals surface area contributed by atoms with Gasteiger partial charge in [0.1, 0.15) is 4.32 Å². The van der Waals surface area contributed by atoms with Gasteiger partial charge in [0.05, 0.1) is 0 Å². The molecule has 0 rings (SSSR count). The molecule has 0 aliphatic carbocycles. The Hall–Kier alpha value is 0.590. The van der Waals surface area contributed by atoms with Crippen LogP contribution in [0.3, 0.4) is 0 Å². The predicted octanol–water partition coefficient (Wildman–Crippen LogP) is 2.19. The molecule has 0 bridgehead atoms. The van der Waals surface area contributed by atoms with Crippen molar-refractivity contribution < 1.29 is 0 Å². The van der Waals surface area contributed by atoms with Crippen molar-refractivity contribution in [3.63, 3.8) is 0 Å². The monoisotopic (exact) mass is 181 g/mol. The molecule has 0 N–H and O–H groups in total. The van der Waals surface area contributed by atoms with E-state index in [9.17, 15) is 0 Å². The molecule has 0 saturated carbocycles. The summed E-state index contributed by atoms with van der Waals surface area (Å²) in [6.45, 7) is 6.12. The lowest BCUT2D eigenvalue weighted by atomic mass is 10.6. The highest BCUT2D eigenvalue weighted by Crippen LogP contribution is 2.11. The van der Waals surface area contributed by atoms with Crippen LogP contribution in [-0.2, 0) is 0 Å². The predicted molar refractivity (Wildman–Crippen MR) is 52.1 cm³/mol. The molecular weight excluding hydrogens is 170 g/mol. The Kier molecular flexibility index (Phi) is 5.73. The number of rotatable bonds is 2. The van der Waals surface area contributed by atoms with Crippen molar-refractivity contribution in [1.29, 1.82) is 0 Å². The van der Waals surface area contributed by atoms with Crippen LogP contribution in [-0.4, -0.2) is 22.3 Å². The normalized spacial score (nSPS) is 9.22. The van der Waals surface area contributed by atoms with Gasteiger partial charge in [0, 0.05) is 13.1 Å². The smallest absolute Gasteiger partial charge is 0.146 e. The second kappa shape index (κ2) is 5.38. The number of hydrogen-bond acceptors (Lipinski definition) is 3. The molecular formula is C5H11NS3. The molecule has 0 fully saturated rings. The molecule has 0 aliphatic rings. The van der Waals surface area contributed by atoms with E-state index in [-0.39, 0.29) is 0 Å². The third-order valence-electron chi connectivity index (χ3n) is 1.10. The number of hydrogen-bond donors (Lipinski definition) is 1. The second-order valence-corrected chi connectivity index (χ2v) is 3.29. The topological polar surface area (TPSA) is 3.24 Å². The lowest BCUT2D eigenvalue weighted by molar-refractivity contribution is 0.482. The van der Waals surface area contributed by atoms with E-state index in [1.54, 1.807) is 0 Å². The molecule has 0 atom stereocenters. The maximum Gasteiger partial charge on any atom is 0.146 e. The van der Waals surface area contributed by atoms with Gasteiger partial charge in [-0.3, -0.25) is 0 Å². The van der Waals surface area contributed by atoms with Gasteiger partial charge in [-0.1, -0.05) is 12.2 Å². The maximum absolute atomic E-state index is 4.99. The molecule has 0 unspecified atom stereocenters. The van der Waals surface area contributed by atoms with E-state index in [2.05, 4.69) is 30.4 Å². The minimum Gasteiger partial charge on any atom is -0.357 e. The van der Waals surface area contributed by atoms with E-state index in [1.807, 2.05) is 0 Å². The Labute approximate surface area is 71.0 Å². The van der Waals surface area contributed by atoms with E-state index in [0.717, 1.165) is 17.4 Å². The van der Waals surface area contributed by atoms with Crippen LogP contribution in [0.25, 0.3) is 0 Å². The largest absolute Gasteiger partial charge is 0.357 e. The molecule has 0 heterocycles. The fraction of sp³-hybridized carbons (Fsp3) is 0.800. The Morgan fingerprint density at radius 2 is 2.00 bits per heavy atom. The molecule has 0 amide bonds. The van der Waals surface area contributed by atoms with Crippen LogP contribution in [0, 0.1) is 0 Å². The average Bonchev–Trinajstić information content (AvgIpc) is 1.90. The van der Waals surface area contributed by atoms with Crippen LogP contribution in [0.4, 0.5) is 0 Å². The van der Waals surface area contributed by atoms with Crippen LogP contribution >= 0.6 is 34.7 Å². The Morgan fingerprint density at radius 3 is 2.11 bits per heavy atom. The summed E-state index contributed by atoms with van der Waals surface area (Å²) in [6, 6.07) is 0. The Bertz CT molecular complexity index is 90.2. The molecule has 4 heteroatoms. The van der Waals surface area contributed by atoms with Gasteiger partial charge in [-0.25, -0.2) is 0 Å². The van der Waals surface area contributed by atoms with Gasteiger partial charge in [-0.2, -0.15) is 0 Å². The maximum atomic E-state index is 4.99. The quantitative estimate of drug-likeness (QED) is 0.395. The van der Waals surface area contributed by atoms with E-state index in [1.165, 1.54) is 10.8 Å². The average molecular weight is 181 g/mol. The zero-order chi connectivity index (χ0) is 7.28. The second-order valence-electron chi connectivity index (χ2n) is 1.53. The van der Waals surface area contributed by atoms with E-state index in [0.29, 0.717) is 0 Å². The molecule has 0 aliphatic heterocycles. The summed E-state index contributed by atoms with van der Waals surface area (Å²) in [7, 11) is 1.33. The standard InChI is InChI=1S/C5H11NS3/c1-3-6(4-2)5(7)9-8/h8H,3-4H2,1-2H3. The van der Waals surface area contributed by atoms with Gasteiger partial charge in [0.15, 0.2) is 0 Å². The number of nitrogens with zero attached hydrogens (tertiary/aromatic N) is 1.